The molecule has 0 aromatic carbocycles. The van der Waals surface area contributed by atoms with Crippen LogP contribution in [0.25, 0.3) is 0 Å². The van der Waals surface area contributed by atoms with Crippen molar-refractivity contribution in [1.29, 1.82) is 0 Å². The normalized spacial score (nSPS) is 15.7. The minimum absolute atomic E-state index is 0.0368. The zero-order valence-electron chi connectivity index (χ0n) is 10.1. The minimum Gasteiger partial charge on any atom is -0.378 e. The van der Waals surface area contributed by atoms with Crippen molar-refractivity contribution in [2.24, 2.45) is 5.73 Å². The number of hydrogen-bond donors (Lipinski definition) is 2. The summed E-state index contributed by atoms with van der Waals surface area (Å²) in [5, 5.41) is 2.71. The summed E-state index contributed by atoms with van der Waals surface area (Å²) in [5.41, 5.74) is 5.30. The molecule has 17 heavy (non-hydrogen) atoms. The molecule has 6 heteroatoms. The molecule has 1 fully saturated rings. The van der Waals surface area contributed by atoms with Crippen LogP contribution in [0.1, 0.15) is 19.3 Å². The summed E-state index contributed by atoms with van der Waals surface area (Å²) in [4.78, 5) is 24.7. The Kier molecular flexibility index (Phi) is 6.57. The van der Waals surface area contributed by atoms with Crippen molar-refractivity contribution in [2.45, 2.75) is 19.3 Å². The Bertz CT molecular complexity index is 252. The fraction of sp³-hybridized carbons (Fsp3) is 0.818. The maximum absolute atomic E-state index is 11.7. The summed E-state index contributed by atoms with van der Waals surface area (Å²) in [6.45, 7) is 3.43. The number of morpholine rings is 1. The number of nitrogens with two attached hydrogens (primary N) is 1. The average molecular weight is 243 g/mol. The molecule has 0 aliphatic carbocycles. The second-order valence-electron chi connectivity index (χ2n) is 3.99. The Morgan fingerprint density at radius 2 is 1.94 bits per heavy atom. The Hall–Kier alpha value is -1.14. The predicted molar refractivity (Wildman–Crippen MR) is 63.3 cm³/mol. The van der Waals surface area contributed by atoms with Crippen molar-refractivity contribution in [1.82, 2.24) is 10.2 Å². The Balaban J connectivity index is 2.08. The van der Waals surface area contributed by atoms with E-state index in [1.54, 1.807) is 4.90 Å². The second kappa shape index (κ2) is 8.03. The maximum Gasteiger partial charge on any atom is 0.224 e. The maximum atomic E-state index is 11.7. The number of hydrogen-bond acceptors (Lipinski definition) is 4. The molecule has 0 spiro atoms. The van der Waals surface area contributed by atoms with Gasteiger partial charge in [0.25, 0.3) is 0 Å². The van der Waals surface area contributed by atoms with E-state index >= 15 is 0 Å². The first-order chi connectivity index (χ1) is 8.24. The van der Waals surface area contributed by atoms with Gasteiger partial charge in [0.2, 0.25) is 11.8 Å². The van der Waals surface area contributed by atoms with E-state index in [0.29, 0.717) is 58.7 Å². The molecule has 1 aliphatic rings. The summed E-state index contributed by atoms with van der Waals surface area (Å²) in [6, 6.07) is 0. The van der Waals surface area contributed by atoms with Gasteiger partial charge in [-0.05, 0) is 13.0 Å². The highest BCUT2D eigenvalue weighted by atomic mass is 16.5. The molecule has 2 amide bonds. The van der Waals surface area contributed by atoms with Gasteiger partial charge in [-0.25, -0.2) is 0 Å². The van der Waals surface area contributed by atoms with Crippen LogP contribution < -0.4 is 11.1 Å². The molecule has 3 N–H and O–H groups in total. The molecular weight excluding hydrogens is 222 g/mol. The second-order valence-corrected chi connectivity index (χ2v) is 3.99. The summed E-state index contributed by atoms with van der Waals surface area (Å²) in [7, 11) is 0. The van der Waals surface area contributed by atoms with Gasteiger partial charge >= 0.3 is 0 Å². The van der Waals surface area contributed by atoms with Crippen LogP contribution in [0.5, 0.6) is 0 Å². The first-order valence-electron chi connectivity index (χ1n) is 6.06. The van der Waals surface area contributed by atoms with E-state index < -0.39 is 0 Å². The van der Waals surface area contributed by atoms with Gasteiger partial charge in [0.1, 0.15) is 0 Å². The summed E-state index contributed by atoms with van der Waals surface area (Å²) >= 11 is 0. The van der Waals surface area contributed by atoms with Crippen molar-refractivity contribution in [3.8, 4) is 0 Å². The highest BCUT2D eigenvalue weighted by Gasteiger charge is 2.16. The lowest BCUT2D eigenvalue weighted by Gasteiger charge is -2.26. The molecule has 0 atom stereocenters. The minimum atomic E-state index is -0.0368. The van der Waals surface area contributed by atoms with Crippen molar-refractivity contribution >= 4 is 11.8 Å². The van der Waals surface area contributed by atoms with Crippen LogP contribution >= 0.6 is 0 Å². The van der Waals surface area contributed by atoms with Crippen LogP contribution in [-0.4, -0.2) is 56.1 Å². The zero-order valence-corrected chi connectivity index (χ0v) is 10.1. The molecule has 0 bridgehead atoms. The Morgan fingerprint density at radius 1 is 1.24 bits per heavy atom. The van der Waals surface area contributed by atoms with Crippen molar-refractivity contribution in [3.63, 3.8) is 0 Å². The summed E-state index contributed by atoms with van der Waals surface area (Å²) in [5.74, 6) is 0.0395. The number of carbonyl (C=O) groups excluding carboxylic acids is 2. The number of carbonyl (C=O) groups is 2. The first-order valence-corrected chi connectivity index (χ1v) is 6.06. The number of rotatable bonds is 6. The lowest BCUT2D eigenvalue weighted by Crippen LogP contribution is -2.42. The Labute approximate surface area is 101 Å². The number of ether oxygens (including phenoxy) is 1. The molecule has 1 aliphatic heterocycles. The van der Waals surface area contributed by atoms with Crippen LogP contribution in [0.3, 0.4) is 0 Å². The van der Waals surface area contributed by atoms with Crippen molar-refractivity contribution in [2.75, 3.05) is 39.4 Å². The fourth-order valence-electron chi connectivity index (χ4n) is 1.63. The third-order valence-corrected chi connectivity index (χ3v) is 2.63. The highest BCUT2D eigenvalue weighted by molar-refractivity contribution is 5.79. The molecule has 0 unspecified atom stereocenters. The van der Waals surface area contributed by atoms with Gasteiger partial charge in [-0.15, -0.1) is 0 Å². The van der Waals surface area contributed by atoms with Gasteiger partial charge < -0.3 is 20.7 Å². The van der Waals surface area contributed by atoms with Crippen LogP contribution in [0.2, 0.25) is 0 Å². The quantitative estimate of drug-likeness (QED) is 0.632. The Morgan fingerprint density at radius 3 is 2.59 bits per heavy atom. The van der Waals surface area contributed by atoms with Gasteiger partial charge in [-0.1, -0.05) is 0 Å². The molecule has 98 valence electrons. The lowest BCUT2D eigenvalue weighted by molar-refractivity contribution is -0.135. The van der Waals surface area contributed by atoms with Crippen LogP contribution in [-0.2, 0) is 14.3 Å². The molecule has 1 saturated heterocycles. The molecule has 0 aromatic heterocycles. The number of amides is 2. The molecular formula is C11H21N3O3. The summed E-state index contributed by atoms with van der Waals surface area (Å²) in [6.07, 6.45) is 1.47. The lowest BCUT2D eigenvalue weighted by atomic mass is 10.3. The van der Waals surface area contributed by atoms with E-state index in [0.717, 1.165) is 0 Å². The average Bonchev–Trinajstić information content (AvgIpc) is 2.37. The molecule has 0 aromatic rings. The molecule has 6 nitrogen and oxygen atoms in total. The van der Waals surface area contributed by atoms with Gasteiger partial charge in [0, 0.05) is 32.5 Å². The smallest absolute Gasteiger partial charge is 0.224 e. The highest BCUT2D eigenvalue weighted by Crippen LogP contribution is 1.99. The van der Waals surface area contributed by atoms with Crippen molar-refractivity contribution < 1.29 is 14.3 Å². The number of nitrogens with one attached hydrogen (secondary N) is 1. The van der Waals surface area contributed by atoms with Gasteiger partial charge in [0.05, 0.1) is 13.2 Å². The monoisotopic (exact) mass is 243 g/mol. The van der Waals surface area contributed by atoms with Gasteiger partial charge in [0.15, 0.2) is 0 Å². The van der Waals surface area contributed by atoms with Gasteiger partial charge in [-0.3, -0.25) is 9.59 Å². The van der Waals surface area contributed by atoms with E-state index in [4.69, 9.17) is 10.5 Å². The standard InChI is InChI=1S/C11H21N3O3/c12-4-1-2-10(15)13-5-3-11(16)14-6-8-17-9-7-14/h1-9,12H2,(H,13,15). The predicted octanol–water partition coefficient (Wildman–Crippen LogP) is -0.910. The zero-order chi connectivity index (χ0) is 12.5. The first kappa shape index (κ1) is 13.9. The van der Waals surface area contributed by atoms with Crippen LogP contribution in [0.15, 0.2) is 0 Å². The molecule has 1 rings (SSSR count). The molecule has 1 heterocycles. The van der Waals surface area contributed by atoms with E-state index in [9.17, 15) is 9.59 Å². The van der Waals surface area contributed by atoms with Crippen LogP contribution in [0, 0.1) is 0 Å². The van der Waals surface area contributed by atoms with E-state index in [1.807, 2.05) is 0 Å². The molecule has 0 radical (unpaired) electrons. The fourth-order valence-corrected chi connectivity index (χ4v) is 1.63. The van der Waals surface area contributed by atoms with Crippen molar-refractivity contribution in [3.05, 3.63) is 0 Å². The van der Waals surface area contributed by atoms with Crippen LogP contribution in [0.4, 0.5) is 0 Å². The van der Waals surface area contributed by atoms with E-state index in [2.05, 4.69) is 5.32 Å². The summed E-state index contributed by atoms with van der Waals surface area (Å²) < 4.78 is 5.16. The third-order valence-electron chi connectivity index (χ3n) is 2.63. The SMILES string of the molecule is NCCCC(=O)NCCC(=O)N1CCOCC1. The topological polar surface area (TPSA) is 84.7 Å². The molecule has 0 saturated carbocycles. The van der Waals surface area contributed by atoms with E-state index in [1.165, 1.54) is 0 Å². The number of nitrogens with zero attached hydrogens (tertiary/aromatic N) is 1. The van der Waals surface area contributed by atoms with E-state index in [-0.39, 0.29) is 11.8 Å². The van der Waals surface area contributed by atoms with Gasteiger partial charge in [-0.2, -0.15) is 0 Å². The third kappa shape index (κ3) is 5.65. The largest absolute Gasteiger partial charge is 0.378 e.